The molecule has 1 heterocycles. The molecule has 0 aliphatic carbocycles. The van der Waals surface area contributed by atoms with E-state index < -0.39 is 23.6 Å². The van der Waals surface area contributed by atoms with Gasteiger partial charge in [0.2, 0.25) is 0 Å². The Hall–Kier alpha value is -1.50. The van der Waals surface area contributed by atoms with Gasteiger partial charge in [-0.05, 0) is 25.3 Å². The van der Waals surface area contributed by atoms with Crippen molar-refractivity contribution in [1.29, 1.82) is 0 Å². The van der Waals surface area contributed by atoms with Crippen LogP contribution in [0.4, 0.5) is 0 Å². The number of hydrogen-bond acceptors (Lipinski definition) is 4. The Balaban J connectivity index is 1.90. The summed E-state index contributed by atoms with van der Waals surface area (Å²) in [6, 6.07) is 14.1. The minimum Gasteiger partial charge on any atom is -0.793 e. The van der Waals surface area contributed by atoms with Gasteiger partial charge in [-0.25, -0.2) is 0 Å². The molecule has 0 amide bonds. The van der Waals surface area contributed by atoms with Crippen molar-refractivity contribution in [3.63, 3.8) is 0 Å². The maximum absolute atomic E-state index is 13.1. The highest BCUT2D eigenvalue weighted by Gasteiger charge is 2.28. The summed E-state index contributed by atoms with van der Waals surface area (Å²) in [4.78, 5) is 13.1. The largest absolute Gasteiger partial charge is 0.793 e. The molecule has 0 aromatic heterocycles. The summed E-state index contributed by atoms with van der Waals surface area (Å²) in [7, 11) is -7.75. The maximum atomic E-state index is 13.1. The molecule has 6 nitrogen and oxygen atoms in total. The number of rotatable bonds is 6. The molecule has 3 rings (SSSR count). The van der Waals surface area contributed by atoms with E-state index in [0.717, 1.165) is 19.3 Å². The van der Waals surface area contributed by atoms with E-state index in [-0.39, 0.29) is 10.6 Å². The first-order chi connectivity index (χ1) is 12.8. The molecule has 2 aromatic rings. The molecule has 0 spiro atoms. The van der Waals surface area contributed by atoms with E-state index in [1.54, 1.807) is 55.5 Å². The number of benzene rings is 2. The molecular formula is C19H24N2O4PS-. The second-order valence-electron chi connectivity index (χ2n) is 6.75. The highest BCUT2D eigenvalue weighted by Crippen LogP contribution is 2.36. The highest BCUT2D eigenvalue weighted by molar-refractivity contribution is 7.87. The van der Waals surface area contributed by atoms with Crippen LogP contribution in [0.1, 0.15) is 37.8 Å². The quantitative estimate of drug-likeness (QED) is 0.738. The average Bonchev–Trinajstić information content (AvgIpc) is 2.69. The van der Waals surface area contributed by atoms with Gasteiger partial charge in [-0.3, -0.25) is 0 Å². The van der Waals surface area contributed by atoms with Crippen molar-refractivity contribution < 1.29 is 17.9 Å². The molecule has 146 valence electrons. The van der Waals surface area contributed by atoms with Gasteiger partial charge in [0.15, 0.2) is 0 Å². The molecule has 2 unspecified atom stereocenters. The smallest absolute Gasteiger partial charge is 0.279 e. The lowest BCUT2D eigenvalue weighted by atomic mass is 10.1. The fourth-order valence-corrected chi connectivity index (χ4v) is 6.55. The molecule has 0 radical (unpaired) electrons. The summed E-state index contributed by atoms with van der Waals surface area (Å²) in [5.41, 5.74) is 0.445. The number of piperidine rings is 1. The highest BCUT2D eigenvalue weighted by atomic mass is 32.2. The van der Waals surface area contributed by atoms with E-state index in [1.165, 1.54) is 10.4 Å². The Morgan fingerprint density at radius 3 is 2.26 bits per heavy atom. The predicted molar refractivity (Wildman–Crippen MR) is 106 cm³/mol. The second kappa shape index (κ2) is 8.25. The lowest BCUT2D eigenvalue weighted by Crippen LogP contribution is -2.45. The van der Waals surface area contributed by atoms with Gasteiger partial charge >= 0.3 is 0 Å². The Kier molecular flexibility index (Phi) is 6.18. The predicted octanol–water partition coefficient (Wildman–Crippen LogP) is 1.66. The van der Waals surface area contributed by atoms with E-state index in [4.69, 9.17) is 0 Å². The number of hydrogen-bond donors (Lipinski definition) is 1. The zero-order valence-electron chi connectivity index (χ0n) is 15.2. The fraction of sp³-hybridized carbons (Fsp3) is 0.368. The molecule has 0 saturated carbocycles. The van der Waals surface area contributed by atoms with E-state index >= 15 is 0 Å². The first-order valence-corrected chi connectivity index (χ1v) is 12.1. The third-order valence-corrected chi connectivity index (χ3v) is 8.51. The van der Waals surface area contributed by atoms with Crippen LogP contribution in [-0.4, -0.2) is 25.8 Å². The molecule has 1 aliphatic heterocycles. The summed E-state index contributed by atoms with van der Waals surface area (Å²) in [5.74, 6) is 0. The zero-order valence-corrected chi connectivity index (χ0v) is 17.0. The topological polar surface area (TPSA) is 89.5 Å². The third-order valence-electron chi connectivity index (χ3n) is 4.80. The van der Waals surface area contributed by atoms with E-state index in [9.17, 15) is 17.9 Å². The standard InChI is InChI=1S/C19H25N2O4PS/c1-16(20-27(24,25)21-14-8-3-9-15-21)18-12-6-7-13-19(18)26(22,23)17-10-4-2-5-11-17/h2,4-7,10-13,16,20H,3,8-9,14-15H2,1H3,(H,22,23)/p-1. The molecule has 2 atom stereocenters. The van der Waals surface area contributed by atoms with Crippen molar-refractivity contribution in [3.8, 4) is 0 Å². The van der Waals surface area contributed by atoms with Crippen LogP contribution in [0.2, 0.25) is 0 Å². The van der Waals surface area contributed by atoms with Crippen molar-refractivity contribution in [1.82, 2.24) is 9.03 Å². The van der Waals surface area contributed by atoms with Crippen molar-refractivity contribution in [2.45, 2.75) is 32.2 Å². The fourth-order valence-electron chi connectivity index (χ4n) is 3.35. The first-order valence-electron chi connectivity index (χ1n) is 9.06. The monoisotopic (exact) mass is 407 g/mol. The summed E-state index contributed by atoms with van der Waals surface area (Å²) >= 11 is 0. The van der Waals surface area contributed by atoms with Crippen LogP contribution in [0.3, 0.4) is 0 Å². The minimum atomic E-state index is -4.08. The van der Waals surface area contributed by atoms with Crippen LogP contribution in [0, 0.1) is 0 Å². The Bertz CT molecular complexity index is 928. The molecule has 2 aromatic carbocycles. The normalized spacial score (nSPS) is 19.3. The Labute approximate surface area is 160 Å². The summed E-state index contributed by atoms with van der Waals surface area (Å²) in [5, 5.41) is 0.355. The first kappa shape index (κ1) is 20.2. The van der Waals surface area contributed by atoms with Gasteiger partial charge in [-0.15, -0.1) is 0 Å². The van der Waals surface area contributed by atoms with Crippen LogP contribution in [-0.2, 0) is 14.8 Å². The molecule has 1 N–H and O–H groups in total. The van der Waals surface area contributed by atoms with Gasteiger partial charge in [0, 0.05) is 29.7 Å². The van der Waals surface area contributed by atoms with Crippen LogP contribution in [0.25, 0.3) is 0 Å². The van der Waals surface area contributed by atoms with Crippen LogP contribution >= 0.6 is 7.37 Å². The molecule has 1 saturated heterocycles. The summed E-state index contributed by atoms with van der Waals surface area (Å²) in [6.07, 6.45) is 2.71. The molecule has 0 bridgehead atoms. The van der Waals surface area contributed by atoms with Crippen LogP contribution < -0.4 is 20.2 Å². The molecular weight excluding hydrogens is 383 g/mol. The summed E-state index contributed by atoms with van der Waals surface area (Å²) in [6.45, 7) is 2.66. The van der Waals surface area contributed by atoms with Crippen LogP contribution in [0.15, 0.2) is 54.6 Å². The van der Waals surface area contributed by atoms with Gasteiger partial charge in [0.25, 0.3) is 10.2 Å². The van der Waals surface area contributed by atoms with Crippen LogP contribution in [0.5, 0.6) is 0 Å². The van der Waals surface area contributed by atoms with Crippen molar-refractivity contribution in [3.05, 3.63) is 60.2 Å². The van der Waals surface area contributed by atoms with E-state index in [1.807, 2.05) is 0 Å². The Morgan fingerprint density at radius 1 is 1.00 bits per heavy atom. The lowest BCUT2D eigenvalue weighted by Gasteiger charge is -2.31. The van der Waals surface area contributed by atoms with E-state index in [0.29, 0.717) is 18.7 Å². The van der Waals surface area contributed by atoms with Crippen molar-refractivity contribution in [2.24, 2.45) is 0 Å². The zero-order chi connectivity index (χ0) is 19.5. The maximum Gasteiger partial charge on any atom is 0.279 e. The van der Waals surface area contributed by atoms with Crippen molar-refractivity contribution >= 4 is 28.2 Å². The molecule has 1 fully saturated rings. The van der Waals surface area contributed by atoms with Crippen molar-refractivity contribution in [2.75, 3.05) is 13.1 Å². The van der Waals surface area contributed by atoms with Gasteiger partial charge in [0.05, 0.1) is 7.37 Å². The van der Waals surface area contributed by atoms with Gasteiger partial charge in [-0.1, -0.05) is 61.0 Å². The van der Waals surface area contributed by atoms with Gasteiger partial charge < -0.3 is 9.46 Å². The molecule has 8 heteroatoms. The van der Waals surface area contributed by atoms with E-state index in [2.05, 4.69) is 4.72 Å². The average molecular weight is 407 g/mol. The molecule has 27 heavy (non-hydrogen) atoms. The molecule has 1 aliphatic rings. The minimum absolute atomic E-state index is 0.144. The Morgan fingerprint density at radius 2 is 1.59 bits per heavy atom. The van der Waals surface area contributed by atoms with Gasteiger partial charge in [0.1, 0.15) is 0 Å². The lowest BCUT2D eigenvalue weighted by molar-refractivity contribution is -0.167. The summed E-state index contributed by atoms with van der Waals surface area (Å²) < 4.78 is 42.5. The third kappa shape index (κ3) is 4.50. The number of nitrogens with one attached hydrogen (secondary N) is 1. The SMILES string of the molecule is CC(NS(=O)(=O)N1CCCCC1)c1ccccc1P(=O)([O-])c1ccccc1. The number of nitrogens with zero attached hydrogens (tertiary/aromatic N) is 1. The van der Waals surface area contributed by atoms with Gasteiger partial charge in [-0.2, -0.15) is 17.4 Å². The second-order valence-corrected chi connectivity index (χ2v) is 10.6.